The van der Waals surface area contributed by atoms with Crippen LogP contribution < -0.4 is 4.90 Å². The van der Waals surface area contributed by atoms with Gasteiger partial charge in [-0.05, 0) is 90.9 Å². The van der Waals surface area contributed by atoms with E-state index in [1.54, 1.807) is 0 Å². The van der Waals surface area contributed by atoms with Gasteiger partial charge in [-0.1, -0.05) is 158 Å². The van der Waals surface area contributed by atoms with Crippen molar-refractivity contribution in [2.24, 2.45) is 0 Å². The second-order valence-electron chi connectivity index (χ2n) is 15.4. The molecule has 1 heteroatoms. The van der Waals surface area contributed by atoms with Crippen molar-refractivity contribution in [3.05, 3.63) is 161 Å². The predicted molar refractivity (Wildman–Crippen MR) is 200 cm³/mol. The summed E-state index contributed by atoms with van der Waals surface area (Å²) in [5.41, 5.74) is 18.3. The third kappa shape index (κ3) is 4.29. The fourth-order valence-electron chi connectivity index (χ4n) is 8.67. The summed E-state index contributed by atoms with van der Waals surface area (Å²) in [5, 5.41) is 0. The van der Waals surface area contributed by atoms with Gasteiger partial charge in [-0.3, -0.25) is 0 Å². The Morgan fingerprint density at radius 3 is 1.45 bits per heavy atom. The molecule has 1 nitrogen and oxygen atoms in total. The lowest BCUT2D eigenvalue weighted by atomic mass is 9.71. The van der Waals surface area contributed by atoms with Gasteiger partial charge in [0.1, 0.15) is 0 Å². The molecule has 6 aromatic carbocycles. The van der Waals surface area contributed by atoms with Crippen LogP contribution in [0.4, 0.5) is 17.1 Å². The van der Waals surface area contributed by atoms with Crippen molar-refractivity contribution >= 4 is 17.1 Å². The van der Waals surface area contributed by atoms with Crippen LogP contribution >= 0.6 is 0 Å². The Morgan fingerprint density at radius 1 is 0.468 bits per heavy atom. The number of fused-ring (bicyclic) bond motifs is 6. The van der Waals surface area contributed by atoms with E-state index in [4.69, 9.17) is 0 Å². The van der Waals surface area contributed by atoms with Crippen molar-refractivity contribution in [1.29, 1.82) is 0 Å². The number of benzene rings is 6. The highest BCUT2D eigenvalue weighted by atomic mass is 15.2. The molecule has 0 fully saturated rings. The quantitative estimate of drug-likeness (QED) is 0.192. The summed E-state index contributed by atoms with van der Waals surface area (Å²) in [7, 11) is 0. The summed E-state index contributed by atoms with van der Waals surface area (Å²) < 4.78 is 0. The summed E-state index contributed by atoms with van der Waals surface area (Å²) in [6.07, 6.45) is 0. The number of anilines is 3. The minimum absolute atomic E-state index is 0.0848. The van der Waals surface area contributed by atoms with Crippen molar-refractivity contribution < 1.29 is 0 Å². The minimum Gasteiger partial charge on any atom is -0.310 e. The first kappa shape index (κ1) is 29.5. The molecule has 0 spiro atoms. The molecule has 0 unspecified atom stereocenters. The summed E-state index contributed by atoms with van der Waals surface area (Å²) in [4.78, 5) is 2.58. The first-order chi connectivity index (χ1) is 22.5. The van der Waals surface area contributed by atoms with Gasteiger partial charge in [0.25, 0.3) is 0 Å². The van der Waals surface area contributed by atoms with Crippen molar-refractivity contribution in [3.8, 4) is 33.4 Å². The molecular formula is C46H43N. The molecule has 0 amide bonds. The zero-order valence-electron chi connectivity index (χ0n) is 28.6. The molecular weight excluding hydrogens is 567 g/mol. The molecule has 0 aromatic heterocycles. The van der Waals surface area contributed by atoms with Gasteiger partial charge >= 0.3 is 0 Å². The van der Waals surface area contributed by atoms with E-state index >= 15 is 0 Å². The van der Waals surface area contributed by atoms with Crippen LogP contribution in [-0.4, -0.2) is 0 Å². The lowest BCUT2D eigenvalue weighted by molar-refractivity contribution is 0.587. The highest BCUT2D eigenvalue weighted by Crippen LogP contribution is 2.65. The zero-order valence-corrected chi connectivity index (χ0v) is 28.6. The van der Waals surface area contributed by atoms with Gasteiger partial charge in [0.05, 0.1) is 5.69 Å². The van der Waals surface area contributed by atoms with Crippen LogP contribution in [0.15, 0.2) is 133 Å². The Morgan fingerprint density at radius 2 is 0.915 bits per heavy atom. The lowest BCUT2D eigenvalue weighted by Crippen LogP contribution is -2.27. The lowest BCUT2D eigenvalue weighted by Gasteiger charge is -2.39. The van der Waals surface area contributed by atoms with Crippen LogP contribution in [-0.2, 0) is 16.2 Å². The average molecular weight is 610 g/mol. The summed E-state index contributed by atoms with van der Waals surface area (Å²) in [6, 6.07) is 49.2. The van der Waals surface area contributed by atoms with E-state index < -0.39 is 0 Å². The second-order valence-corrected chi connectivity index (χ2v) is 15.4. The molecule has 0 heterocycles. The van der Waals surface area contributed by atoms with Crippen molar-refractivity contribution in [3.63, 3.8) is 0 Å². The minimum atomic E-state index is -0.217. The second kappa shape index (κ2) is 10.3. The Kier molecular flexibility index (Phi) is 6.48. The third-order valence-electron chi connectivity index (χ3n) is 10.7. The van der Waals surface area contributed by atoms with E-state index in [0.717, 1.165) is 0 Å². The molecule has 6 aromatic rings. The van der Waals surface area contributed by atoms with Crippen LogP contribution in [0.3, 0.4) is 0 Å². The molecule has 8 rings (SSSR count). The van der Waals surface area contributed by atoms with Gasteiger partial charge in [-0.15, -0.1) is 0 Å². The Labute approximate surface area is 280 Å². The van der Waals surface area contributed by atoms with E-state index in [1.807, 2.05) is 0 Å². The number of para-hydroxylation sites is 1. The van der Waals surface area contributed by atoms with Gasteiger partial charge in [-0.25, -0.2) is 0 Å². The van der Waals surface area contributed by atoms with Gasteiger partial charge in [0.2, 0.25) is 0 Å². The SMILES string of the molecule is CC(C)(C)c1c2c(c(N(c3ccccc3)c3cccc(-c4ccccc4)c3)c3c1-c1ccccc1C3(C)C)C(C)(C)c1ccccc1-2. The van der Waals surface area contributed by atoms with Crippen LogP contribution in [0.25, 0.3) is 33.4 Å². The Hall–Kier alpha value is -4.88. The van der Waals surface area contributed by atoms with Gasteiger partial charge in [0.15, 0.2) is 0 Å². The van der Waals surface area contributed by atoms with Crippen molar-refractivity contribution in [2.75, 3.05) is 4.90 Å². The number of rotatable bonds is 4. The summed E-state index contributed by atoms with van der Waals surface area (Å²) in [5.74, 6) is 0. The predicted octanol–water partition coefficient (Wildman–Crippen LogP) is 12.7. The Bertz CT molecular complexity index is 2080. The molecule has 0 bridgehead atoms. The third-order valence-corrected chi connectivity index (χ3v) is 10.7. The average Bonchev–Trinajstić information content (AvgIpc) is 3.45. The molecule has 2 aliphatic rings. The van der Waals surface area contributed by atoms with Crippen LogP contribution in [0.5, 0.6) is 0 Å². The van der Waals surface area contributed by atoms with E-state index in [1.165, 1.54) is 78.3 Å². The van der Waals surface area contributed by atoms with E-state index in [-0.39, 0.29) is 16.2 Å². The largest absolute Gasteiger partial charge is 0.310 e. The molecule has 0 atom stereocenters. The smallest absolute Gasteiger partial charge is 0.0556 e. The fraction of sp³-hybridized carbons (Fsp3) is 0.217. The number of hydrogen-bond acceptors (Lipinski definition) is 1. The molecule has 0 radical (unpaired) electrons. The Balaban J connectivity index is 1.58. The molecule has 0 aliphatic heterocycles. The van der Waals surface area contributed by atoms with Crippen molar-refractivity contribution in [1.82, 2.24) is 0 Å². The van der Waals surface area contributed by atoms with Gasteiger partial charge in [0, 0.05) is 22.2 Å². The van der Waals surface area contributed by atoms with E-state index in [2.05, 4.69) is 187 Å². The fourth-order valence-corrected chi connectivity index (χ4v) is 8.67. The monoisotopic (exact) mass is 609 g/mol. The molecule has 2 aliphatic carbocycles. The molecule has 232 valence electrons. The van der Waals surface area contributed by atoms with Gasteiger partial charge in [-0.2, -0.15) is 0 Å². The molecule has 0 N–H and O–H groups in total. The highest BCUT2D eigenvalue weighted by molar-refractivity contribution is 6.03. The maximum atomic E-state index is 2.58. The number of nitrogens with zero attached hydrogens (tertiary/aromatic N) is 1. The van der Waals surface area contributed by atoms with Crippen molar-refractivity contribution in [2.45, 2.75) is 64.7 Å². The zero-order chi connectivity index (χ0) is 32.7. The molecule has 0 saturated heterocycles. The van der Waals surface area contributed by atoms with Crippen LogP contribution in [0, 0.1) is 0 Å². The first-order valence-electron chi connectivity index (χ1n) is 17.0. The highest BCUT2D eigenvalue weighted by Gasteiger charge is 2.50. The standard InChI is InChI=1S/C46H43N/c1-44(2,3)40-38-34-25-14-16-27-36(34)45(4,5)41(38)43(42-39(40)35-26-15-17-28-37(35)46(42,6)7)47(32-22-12-9-13-23-32)33-24-18-21-31(29-33)30-19-10-8-11-20-30/h8-29H,1-7H3. The maximum Gasteiger partial charge on any atom is 0.0556 e. The topological polar surface area (TPSA) is 3.24 Å². The normalized spacial score (nSPS) is 15.0. The number of hydrogen-bond donors (Lipinski definition) is 0. The van der Waals surface area contributed by atoms with E-state index in [0.29, 0.717) is 0 Å². The molecule has 0 saturated carbocycles. The van der Waals surface area contributed by atoms with Crippen LogP contribution in [0.2, 0.25) is 0 Å². The van der Waals surface area contributed by atoms with Gasteiger partial charge < -0.3 is 4.90 Å². The first-order valence-corrected chi connectivity index (χ1v) is 17.0. The summed E-state index contributed by atoms with van der Waals surface area (Å²) >= 11 is 0. The maximum absolute atomic E-state index is 2.58. The molecule has 47 heavy (non-hydrogen) atoms. The van der Waals surface area contributed by atoms with Crippen LogP contribution in [0.1, 0.15) is 76.3 Å². The summed E-state index contributed by atoms with van der Waals surface area (Å²) in [6.45, 7) is 17.0. The van der Waals surface area contributed by atoms with E-state index in [9.17, 15) is 0 Å².